The molecule has 3 aromatic carbocycles. The third-order valence-corrected chi connectivity index (χ3v) is 8.98. The Bertz CT molecular complexity index is 1730. The molecule has 3 aromatic rings. The van der Waals surface area contributed by atoms with Crippen LogP contribution in [-0.2, 0) is 24.3 Å². The largest absolute Gasteiger partial charge is 0.462 e. The molecule has 236 valence electrons. The normalized spacial score (nSPS) is 14.3. The SMILES string of the molecule is CCOC(=O)c1ccc2c(c1)NC(=O)/C2=C(\Nc1ccc(N(N(C)C)S(=O)(=O)CCC(C=C=O)N(C)C)cc1)c1ccccc1. The topological polar surface area (TPSA) is 128 Å². The minimum absolute atomic E-state index is 0.192. The number of nitrogens with one attached hydrogen (secondary N) is 2. The molecule has 1 unspecified atom stereocenters. The Morgan fingerprint density at radius 1 is 1.00 bits per heavy atom. The molecule has 0 radical (unpaired) electrons. The summed E-state index contributed by atoms with van der Waals surface area (Å²) in [7, 11) is 3.02. The van der Waals surface area contributed by atoms with Gasteiger partial charge in [0, 0.05) is 37.5 Å². The van der Waals surface area contributed by atoms with Crippen LogP contribution in [0.1, 0.15) is 34.8 Å². The molecule has 45 heavy (non-hydrogen) atoms. The van der Waals surface area contributed by atoms with Crippen molar-refractivity contribution >= 4 is 56.2 Å². The van der Waals surface area contributed by atoms with Crippen molar-refractivity contribution in [2.45, 2.75) is 19.4 Å². The fraction of sp³-hybridized carbons (Fsp3) is 0.273. The maximum Gasteiger partial charge on any atom is 0.338 e. The van der Waals surface area contributed by atoms with Gasteiger partial charge in [-0.25, -0.2) is 27.4 Å². The number of hydrogen-bond donors (Lipinski definition) is 2. The summed E-state index contributed by atoms with van der Waals surface area (Å²) < 4.78 is 33.2. The van der Waals surface area contributed by atoms with Gasteiger partial charge in [-0.05, 0) is 69.4 Å². The van der Waals surface area contributed by atoms with Crippen LogP contribution >= 0.6 is 0 Å². The summed E-state index contributed by atoms with van der Waals surface area (Å²) in [5, 5.41) is 7.71. The molecule has 1 aliphatic heterocycles. The number of rotatable bonds is 13. The summed E-state index contributed by atoms with van der Waals surface area (Å²) in [6.45, 7) is 1.97. The molecule has 4 rings (SSSR count). The van der Waals surface area contributed by atoms with Gasteiger partial charge in [0.25, 0.3) is 5.91 Å². The standard InChI is InChI=1S/C33H37N5O6S/c1-6-44-33(41)24-12-17-28-29(22-24)35-32(40)30(28)31(23-10-8-7-9-11-23)34-25-13-15-27(16-14-25)38(37(4)5)45(42,43)21-19-26(18-20-39)36(2)3/h7-18,22,26,34H,6,19,21H2,1-5H3,(H,35,40)/b31-30-. The fourth-order valence-corrected chi connectivity index (χ4v) is 6.68. The maximum absolute atomic E-state index is 13.4. The average molecular weight is 632 g/mol. The van der Waals surface area contributed by atoms with Crippen molar-refractivity contribution in [3.05, 3.63) is 95.6 Å². The second-order valence-electron chi connectivity index (χ2n) is 10.7. The molecule has 2 N–H and O–H groups in total. The summed E-state index contributed by atoms with van der Waals surface area (Å²) in [5.74, 6) is 0.753. The monoisotopic (exact) mass is 631 g/mol. The zero-order valence-corrected chi connectivity index (χ0v) is 26.7. The lowest BCUT2D eigenvalue weighted by atomic mass is 9.99. The van der Waals surface area contributed by atoms with E-state index in [4.69, 9.17) is 4.74 Å². The van der Waals surface area contributed by atoms with E-state index in [2.05, 4.69) is 10.6 Å². The van der Waals surface area contributed by atoms with Gasteiger partial charge < -0.3 is 20.3 Å². The third-order valence-electron chi connectivity index (χ3n) is 7.17. The Kier molecular flexibility index (Phi) is 10.6. The van der Waals surface area contributed by atoms with Crippen LogP contribution in [0.15, 0.2) is 78.9 Å². The number of ether oxygens (including phenoxy) is 1. The van der Waals surface area contributed by atoms with Crippen LogP contribution in [0.2, 0.25) is 0 Å². The number of amides is 1. The minimum atomic E-state index is -3.80. The molecule has 0 aromatic heterocycles. The second kappa shape index (κ2) is 14.4. The van der Waals surface area contributed by atoms with Crippen molar-refractivity contribution in [1.82, 2.24) is 9.91 Å². The predicted molar refractivity (Wildman–Crippen MR) is 177 cm³/mol. The molecule has 11 nitrogen and oxygen atoms in total. The molecule has 0 saturated heterocycles. The van der Waals surface area contributed by atoms with Crippen molar-refractivity contribution < 1.29 is 27.5 Å². The first-order valence-electron chi connectivity index (χ1n) is 14.3. The highest BCUT2D eigenvalue weighted by Crippen LogP contribution is 2.38. The minimum Gasteiger partial charge on any atom is -0.462 e. The van der Waals surface area contributed by atoms with Crippen LogP contribution in [0.5, 0.6) is 0 Å². The Labute approximate surface area is 263 Å². The number of hydrogen-bond acceptors (Lipinski definition) is 9. The Hall–Kier alpha value is -4.74. The van der Waals surface area contributed by atoms with Gasteiger partial charge >= 0.3 is 5.97 Å². The number of likely N-dealkylation sites (N-methyl/N-ethyl adjacent to an activating group) is 1. The first kappa shape index (κ1) is 33.2. The molecule has 0 aliphatic carbocycles. The third kappa shape index (κ3) is 7.68. The second-order valence-corrected chi connectivity index (χ2v) is 12.7. The van der Waals surface area contributed by atoms with Crippen LogP contribution in [-0.4, -0.2) is 82.7 Å². The quantitative estimate of drug-likeness (QED) is 0.124. The number of carbonyl (C=O) groups is 2. The zero-order valence-electron chi connectivity index (χ0n) is 25.9. The van der Waals surface area contributed by atoms with Crippen LogP contribution in [0, 0.1) is 0 Å². The number of sulfonamides is 1. The number of fused-ring (bicyclic) bond motifs is 1. The Balaban J connectivity index is 1.67. The lowest BCUT2D eigenvalue weighted by Crippen LogP contribution is -2.44. The zero-order chi connectivity index (χ0) is 32.7. The smallest absolute Gasteiger partial charge is 0.338 e. The molecule has 0 saturated carbocycles. The van der Waals surface area contributed by atoms with E-state index < -0.39 is 16.0 Å². The molecular formula is C33H37N5O6S. The molecule has 1 aliphatic rings. The van der Waals surface area contributed by atoms with Crippen LogP contribution in [0.25, 0.3) is 11.3 Å². The number of carbonyl (C=O) groups excluding carboxylic acids is 3. The maximum atomic E-state index is 13.4. The van der Waals surface area contributed by atoms with E-state index in [0.717, 1.165) is 5.56 Å². The summed E-state index contributed by atoms with van der Waals surface area (Å²) in [5.41, 5.74) is 4.19. The highest BCUT2D eigenvalue weighted by molar-refractivity contribution is 7.92. The van der Waals surface area contributed by atoms with Gasteiger partial charge in [-0.1, -0.05) is 36.4 Å². The van der Waals surface area contributed by atoms with Gasteiger partial charge in [0.2, 0.25) is 10.0 Å². The Morgan fingerprint density at radius 3 is 2.29 bits per heavy atom. The van der Waals surface area contributed by atoms with E-state index in [1.165, 1.54) is 15.5 Å². The van der Waals surface area contributed by atoms with E-state index in [1.807, 2.05) is 30.3 Å². The number of anilines is 3. The van der Waals surface area contributed by atoms with E-state index in [1.54, 1.807) is 88.4 Å². The molecule has 12 heteroatoms. The van der Waals surface area contributed by atoms with Gasteiger partial charge in [0.1, 0.15) is 5.94 Å². The average Bonchev–Trinajstić information content (AvgIpc) is 3.33. The van der Waals surface area contributed by atoms with Crippen molar-refractivity contribution in [3.63, 3.8) is 0 Å². The summed E-state index contributed by atoms with van der Waals surface area (Å²) in [6.07, 6.45) is 1.53. The number of nitrogens with zero attached hydrogens (tertiary/aromatic N) is 3. The van der Waals surface area contributed by atoms with Crippen LogP contribution < -0.4 is 15.0 Å². The van der Waals surface area contributed by atoms with E-state index in [-0.39, 0.29) is 30.7 Å². The molecule has 1 atom stereocenters. The molecule has 0 bridgehead atoms. The van der Waals surface area contributed by atoms with Gasteiger partial charge in [-0.2, -0.15) is 0 Å². The van der Waals surface area contributed by atoms with Crippen molar-refractivity contribution in [1.29, 1.82) is 0 Å². The molecule has 0 spiro atoms. The first-order valence-corrected chi connectivity index (χ1v) is 15.9. The number of esters is 1. The Morgan fingerprint density at radius 2 is 1.69 bits per heavy atom. The van der Waals surface area contributed by atoms with Gasteiger partial charge in [-0.3, -0.25) is 4.79 Å². The number of hydrazine groups is 1. The highest BCUT2D eigenvalue weighted by Gasteiger charge is 2.30. The van der Waals surface area contributed by atoms with Crippen molar-refractivity contribution in [2.24, 2.45) is 0 Å². The van der Waals surface area contributed by atoms with Gasteiger partial charge in [-0.15, -0.1) is 0 Å². The van der Waals surface area contributed by atoms with E-state index in [0.29, 0.717) is 39.5 Å². The molecule has 0 fully saturated rings. The summed E-state index contributed by atoms with van der Waals surface area (Å²) in [4.78, 5) is 38.3. The molecule has 1 amide bonds. The van der Waals surface area contributed by atoms with Crippen LogP contribution in [0.4, 0.5) is 17.1 Å². The number of benzene rings is 3. The lowest BCUT2D eigenvalue weighted by molar-refractivity contribution is -0.110. The van der Waals surface area contributed by atoms with Crippen molar-refractivity contribution in [2.75, 3.05) is 55.6 Å². The summed E-state index contributed by atoms with van der Waals surface area (Å²) >= 11 is 0. The molecule has 1 heterocycles. The fourth-order valence-electron chi connectivity index (χ4n) is 5.03. The lowest BCUT2D eigenvalue weighted by Gasteiger charge is -2.31. The first-order chi connectivity index (χ1) is 21.5. The van der Waals surface area contributed by atoms with Crippen molar-refractivity contribution in [3.8, 4) is 0 Å². The van der Waals surface area contributed by atoms with Gasteiger partial charge in [0.05, 0.1) is 40.6 Å². The predicted octanol–water partition coefficient (Wildman–Crippen LogP) is 4.12. The molecular weight excluding hydrogens is 594 g/mol. The van der Waals surface area contributed by atoms with E-state index >= 15 is 0 Å². The highest BCUT2D eigenvalue weighted by atomic mass is 32.2. The summed E-state index contributed by atoms with van der Waals surface area (Å²) in [6, 6.07) is 20.8. The van der Waals surface area contributed by atoms with Gasteiger partial charge in [0.15, 0.2) is 0 Å². The van der Waals surface area contributed by atoms with E-state index in [9.17, 15) is 22.8 Å². The van der Waals surface area contributed by atoms with Crippen LogP contribution in [0.3, 0.4) is 0 Å².